The van der Waals surface area contributed by atoms with Crippen molar-refractivity contribution < 1.29 is 10.2 Å². The van der Waals surface area contributed by atoms with Gasteiger partial charge >= 0.3 is 0 Å². The van der Waals surface area contributed by atoms with Gasteiger partial charge in [0.05, 0.1) is 57.4 Å². The van der Waals surface area contributed by atoms with Crippen LogP contribution < -0.4 is 10.6 Å². The first-order valence-corrected chi connectivity index (χ1v) is 15.7. The minimum Gasteiger partial charge on any atom is -0.390 e. The molecule has 12 heteroatoms. The molecule has 0 atom stereocenters. The molecular weight excluding hydrogens is 599 g/mol. The SMILES string of the molecule is CCNc1nc(-c2cccc(-c3cccc(-c4cnc(CN5CC(O)C5)c(NCC)n4)c3Cl)c2Cl)cnc1CN1CC(O)C1. The van der Waals surface area contributed by atoms with Crippen molar-refractivity contribution in [2.75, 3.05) is 49.9 Å². The second-order valence-electron chi connectivity index (χ2n) is 11.2. The van der Waals surface area contributed by atoms with Gasteiger partial charge in [-0.25, -0.2) is 9.97 Å². The lowest BCUT2D eigenvalue weighted by Gasteiger charge is -2.35. The highest BCUT2D eigenvalue weighted by Crippen LogP contribution is 2.42. The molecule has 0 aliphatic carbocycles. The summed E-state index contributed by atoms with van der Waals surface area (Å²) in [4.78, 5) is 23.5. The zero-order chi connectivity index (χ0) is 30.8. The van der Waals surface area contributed by atoms with Crippen molar-refractivity contribution >= 4 is 34.8 Å². The van der Waals surface area contributed by atoms with Crippen molar-refractivity contribution in [3.63, 3.8) is 0 Å². The van der Waals surface area contributed by atoms with Gasteiger partial charge in [0.2, 0.25) is 0 Å². The number of aliphatic hydroxyl groups is 2. The van der Waals surface area contributed by atoms with E-state index in [1.165, 1.54) is 0 Å². The number of benzene rings is 2. The van der Waals surface area contributed by atoms with Crippen LogP contribution in [0.1, 0.15) is 25.2 Å². The van der Waals surface area contributed by atoms with E-state index in [0.717, 1.165) is 33.6 Å². The van der Waals surface area contributed by atoms with Gasteiger partial charge in [-0.3, -0.25) is 19.8 Å². The molecule has 0 amide bonds. The molecule has 0 unspecified atom stereocenters. The molecule has 0 spiro atoms. The number of hydrogen-bond acceptors (Lipinski definition) is 10. The Balaban J connectivity index is 1.31. The number of nitrogens with zero attached hydrogens (tertiary/aromatic N) is 6. The van der Waals surface area contributed by atoms with E-state index in [1.54, 1.807) is 12.4 Å². The van der Waals surface area contributed by atoms with Crippen LogP contribution in [0.5, 0.6) is 0 Å². The Morgan fingerprint density at radius 3 is 1.43 bits per heavy atom. The summed E-state index contributed by atoms with van der Waals surface area (Å²) < 4.78 is 0. The Kier molecular flexibility index (Phi) is 9.27. The smallest absolute Gasteiger partial charge is 0.149 e. The molecule has 0 bridgehead atoms. The molecule has 4 aromatic rings. The van der Waals surface area contributed by atoms with E-state index in [9.17, 15) is 10.2 Å². The Hall–Kier alpha value is -3.38. The van der Waals surface area contributed by atoms with E-state index in [4.69, 9.17) is 43.1 Å². The number of likely N-dealkylation sites (tertiary alicyclic amines) is 2. The van der Waals surface area contributed by atoms with Gasteiger partial charge < -0.3 is 20.8 Å². The lowest BCUT2D eigenvalue weighted by Crippen LogP contribution is -2.50. The molecule has 2 aromatic heterocycles. The third-order valence-corrected chi connectivity index (χ3v) is 8.66. The number of β-amino-alcohol motifs (C(OH)–C–C–N with tert-alkyl or cyclic N) is 2. The fourth-order valence-corrected chi connectivity index (χ4v) is 6.23. The van der Waals surface area contributed by atoms with Crippen molar-refractivity contribution in [1.82, 2.24) is 29.7 Å². The van der Waals surface area contributed by atoms with Crippen LogP contribution in [0.25, 0.3) is 33.6 Å². The molecular formula is C32H36Cl2N8O2. The van der Waals surface area contributed by atoms with Crippen LogP contribution in [0.2, 0.25) is 10.0 Å². The number of aromatic nitrogens is 4. The lowest BCUT2D eigenvalue weighted by atomic mass is 9.98. The number of rotatable bonds is 11. The van der Waals surface area contributed by atoms with Gasteiger partial charge in [-0.2, -0.15) is 0 Å². The summed E-state index contributed by atoms with van der Waals surface area (Å²) in [6, 6.07) is 11.6. The highest BCUT2D eigenvalue weighted by Gasteiger charge is 2.27. The fourth-order valence-electron chi connectivity index (χ4n) is 5.58. The average molecular weight is 636 g/mol. The Labute approximate surface area is 267 Å². The number of halogens is 2. The van der Waals surface area contributed by atoms with Gasteiger partial charge in [-0.15, -0.1) is 0 Å². The number of anilines is 2. The zero-order valence-corrected chi connectivity index (χ0v) is 26.3. The molecule has 2 fully saturated rings. The number of hydrogen-bond donors (Lipinski definition) is 4. The van der Waals surface area contributed by atoms with Gasteiger partial charge in [0.1, 0.15) is 11.6 Å². The first-order valence-electron chi connectivity index (χ1n) is 14.9. The largest absolute Gasteiger partial charge is 0.390 e. The molecule has 2 aliphatic rings. The fraction of sp³-hybridized carbons (Fsp3) is 0.375. The average Bonchev–Trinajstić information content (AvgIpc) is 2.98. The highest BCUT2D eigenvalue weighted by atomic mass is 35.5. The van der Waals surface area contributed by atoms with E-state index >= 15 is 0 Å². The lowest BCUT2D eigenvalue weighted by molar-refractivity contribution is -0.00368. The van der Waals surface area contributed by atoms with Crippen molar-refractivity contribution in [2.24, 2.45) is 0 Å². The van der Waals surface area contributed by atoms with Crippen molar-refractivity contribution in [2.45, 2.75) is 39.1 Å². The maximum Gasteiger partial charge on any atom is 0.149 e. The van der Waals surface area contributed by atoms with Crippen LogP contribution in [-0.2, 0) is 13.1 Å². The summed E-state index contributed by atoms with van der Waals surface area (Å²) in [5, 5.41) is 27.0. The van der Waals surface area contributed by atoms with E-state index in [2.05, 4.69) is 20.4 Å². The normalized spacial score (nSPS) is 16.0. The van der Waals surface area contributed by atoms with Crippen LogP contribution in [0.3, 0.4) is 0 Å². The predicted octanol–water partition coefficient (Wildman–Crippen LogP) is 4.79. The molecule has 0 saturated carbocycles. The van der Waals surface area contributed by atoms with Crippen LogP contribution in [0.4, 0.5) is 11.6 Å². The summed E-state index contributed by atoms with van der Waals surface area (Å²) in [7, 11) is 0. The van der Waals surface area contributed by atoms with E-state index in [0.29, 0.717) is 85.4 Å². The van der Waals surface area contributed by atoms with E-state index < -0.39 is 0 Å². The third-order valence-electron chi connectivity index (χ3n) is 7.85. The second kappa shape index (κ2) is 13.3. The predicted molar refractivity (Wildman–Crippen MR) is 175 cm³/mol. The number of nitrogens with one attached hydrogen (secondary N) is 2. The van der Waals surface area contributed by atoms with Crippen LogP contribution in [-0.4, -0.2) is 91.4 Å². The topological polar surface area (TPSA) is 123 Å². The maximum absolute atomic E-state index is 9.67. The zero-order valence-electron chi connectivity index (χ0n) is 24.8. The standard InChI is InChI=1S/C32H36Cl2N8O2/c1-3-35-31-27(17-41-13-19(43)14-41)37-11-25(39-31)23-9-5-7-21(29(23)33)22-8-6-10-24(30(22)34)26-12-38-28(32(40-26)36-4-2)18-42-15-20(44)16-42/h5-12,19-20,43-44H,3-4,13-18H2,1-2H3,(H,35,39)(H,36,40). The highest BCUT2D eigenvalue weighted by molar-refractivity contribution is 6.39. The third kappa shape index (κ3) is 6.37. The monoisotopic (exact) mass is 634 g/mol. The van der Waals surface area contributed by atoms with Crippen LogP contribution >= 0.6 is 23.2 Å². The molecule has 10 nitrogen and oxygen atoms in total. The van der Waals surface area contributed by atoms with Gasteiger partial charge in [-0.1, -0.05) is 59.6 Å². The van der Waals surface area contributed by atoms with Crippen molar-refractivity contribution in [3.8, 4) is 33.6 Å². The molecule has 6 rings (SSSR count). The first kappa shape index (κ1) is 30.6. The molecule has 4 N–H and O–H groups in total. The number of aliphatic hydroxyl groups excluding tert-OH is 2. The molecule has 2 aromatic carbocycles. The van der Waals surface area contributed by atoms with Gasteiger partial charge in [0.25, 0.3) is 0 Å². The molecule has 2 aliphatic heterocycles. The Bertz CT molecular complexity index is 1520. The molecule has 4 heterocycles. The second-order valence-corrected chi connectivity index (χ2v) is 11.9. The Morgan fingerprint density at radius 1 is 0.682 bits per heavy atom. The summed E-state index contributed by atoms with van der Waals surface area (Å²) in [5.74, 6) is 1.41. The summed E-state index contributed by atoms with van der Waals surface area (Å²) in [5.41, 5.74) is 6.01. The molecule has 2 saturated heterocycles. The maximum atomic E-state index is 9.67. The van der Waals surface area contributed by atoms with Gasteiger partial charge in [0.15, 0.2) is 0 Å². The van der Waals surface area contributed by atoms with Crippen molar-refractivity contribution in [3.05, 3.63) is 70.2 Å². The van der Waals surface area contributed by atoms with Crippen molar-refractivity contribution in [1.29, 1.82) is 0 Å². The molecule has 0 radical (unpaired) electrons. The first-order chi connectivity index (χ1) is 21.3. The minimum absolute atomic E-state index is 0.274. The summed E-state index contributed by atoms with van der Waals surface area (Å²) in [6.45, 7) is 9.21. The van der Waals surface area contributed by atoms with Gasteiger partial charge in [0, 0.05) is 74.6 Å². The van der Waals surface area contributed by atoms with E-state index in [-0.39, 0.29) is 12.2 Å². The quantitative estimate of drug-likeness (QED) is 0.183. The van der Waals surface area contributed by atoms with Crippen LogP contribution in [0.15, 0.2) is 48.8 Å². The van der Waals surface area contributed by atoms with Gasteiger partial charge in [-0.05, 0) is 13.8 Å². The van der Waals surface area contributed by atoms with E-state index in [1.807, 2.05) is 50.2 Å². The summed E-state index contributed by atoms with van der Waals surface area (Å²) >= 11 is 14.1. The molecule has 230 valence electrons. The summed E-state index contributed by atoms with van der Waals surface area (Å²) in [6.07, 6.45) is 2.94. The molecule has 44 heavy (non-hydrogen) atoms. The minimum atomic E-state index is -0.274. The van der Waals surface area contributed by atoms with Crippen LogP contribution in [0, 0.1) is 0 Å². The Morgan fingerprint density at radius 2 is 1.07 bits per heavy atom.